The van der Waals surface area contributed by atoms with Gasteiger partial charge in [0.2, 0.25) is 5.89 Å². The lowest BCUT2D eigenvalue weighted by atomic mass is 10.2. The summed E-state index contributed by atoms with van der Waals surface area (Å²) in [5.41, 5.74) is 1.66. The second-order valence-corrected chi connectivity index (χ2v) is 8.63. The van der Waals surface area contributed by atoms with Gasteiger partial charge >= 0.3 is 6.03 Å². The van der Waals surface area contributed by atoms with Gasteiger partial charge in [-0.05, 0) is 62.3 Å². The van der Waals surface area contributed by atoms with Crippen molar-refractivity contribution in [2.24, 2.45) is 0 Å². The van der Waals surface area contributed by atoms with E-state index in [2.05, 4.69) is 20.5 Å². The molecule has 2 aromatic carbocycles. The number of para-hydroxylation sites is 1. The Labute approximate surface area is 192 Å². The van der Waals surface area contributed by atoms with E-state index in [1.165, 1.54) is 12.8 Å². The fourth-order valence-corrected chi connectivity index (χ4v) is 4.08. The molecular formula is C24H28N4O3S. The van der Waals surface area contributed by atoms with Gasteiger partial charge in [0.15, 0.2) is 5.76 Å². The number of benzene rings is 2. The Balaban J connectivity index is 1.18. The first-order valence-electron chi connectivity index (χ1n) is 10.8. The van der Waals surface area contributed by atoms with Gasteiger partial charge in [-0.1, -0.05) is 18.2 Å². The maximum Gasteiger partial charge on any atom is 0.320 e. The molecule has 1 aromatic heterocycles. The number of likely N-dealkylation sites (tertiary alicyclic amines) is 1. The van der Waals surface area contributed by atoms with E-state index < -0.39 is 0 Å². The van der Waals surface area contributed by atoms with Crippen LogP contribution in [0.25, 0.3) is 11.3 Å². The summed E-state index contributed by atoms with van der Waals surface area (Å²) in [5.74, 6) is 3.83. The molecule has 2 N–H and O–H groups in total. The minimum Gasteiger partial charge on any atom is -0.493 e. The van der Waals surface area contributed by atoms with Crippen molar-refractivity contribution in [3.63, 3.8) is 0 Å². The molecule has 168 valence electrons. The predicted molar refractivity (Wildman–Crippen MR) is 128 cm³/mol. The van der Waals surface area contributed by atoms with Crippen LogP contribution in [0.4, 0.5) is 10.5 Å². The number of thioether (sulfide) groups is 1. The Kier molecular flexibility index (Phi) is 8.05. The maximum atomic E-state index is 12.1. The van der Waals surface area contributed by atoms with Crippen molar-refractivity contribution in [2.45, 2.75) is 18.6 Å². The highest BCUT2D eigenvalue weighted by molar-refractivity contribution is 7.98. The zero-order valence-corrected chi connectivity index (χ0v) is 18.8. The molecule has 4 rings (SSSR count). The zero-order valence-electron chi connectivity index (χ0n) is 18.0. The summed E-state index contributed by atoms with van der Waals surface area (Å²) < 4.78 is 11.6. The van der Waals surface area contributed by atoms with Crippen LogP contribution in [0.1, 0.15) is 18.7 Å². The van der Waals surface area contributed by atoms with Gasteiger partial charge in [0, 0.05) is 17.0 Å². The molecular weight excluding hydrogens is 424 g/mol. The number of rotatable bonds is 10. The molecule has 8 heteroatoms. The highest BCUT2D eigenvalue weighted by Crippen LogP contribution is 2.24. The SMILES string of the molecule is O=C(NCN1CCCC1)Nc1ccc(-c2cnc(CSCCOc3ccccc3)o2)cc1. The standard InChI is InChI=1S/C24H28N4O3S/c29-24(26-18-28-12-4-5-13-28)27-20-10-8-19(9-11-20)22-16-25-23(31-22)17-32-15-14-30-21-6-2-1-3-7-21/h1-3,6-11,16H,4-5,12-15,17-18H2,(H2,26,27,29). The number of ether oxygens (including phenoxy) is 1. The zero-order chi connectivity index (χ0) is 22.0. The van der Waals surface area contributed by atoms with Crippen LogP contribution in [-0.4, -0.2) is 48.0 Å². The van der Waals surface area contributed by atoms with Gasteiger partial charge in [-0.25, -0.2) is 9.78 Å². The van der Waals surface area contributed by atoms with Crippen LogP contribution in [0.15, 0.2) is 65.2 Å². The van der Waals surface area contributed by atoms with Crippen molar-refractivity contribution in [3.8, 4) is 17.1 Å². The maximum absolute atomic E-state index is 12.1. The average Bonchev–Trinajstić information content (AvgIpc) is 3.51. The molecule has 3 aromatic rings. The normalized spacial score (nSPS) is 13.8. The minimum absolute atomic E-state index is 0.195. The number of aromatic nitrogens is 1. The van der Waals surface area contributed by atoms with E-state index in [1.54, 1.807) is 18.0 Å². The first kappa shape index (κ1) is 22.2. The van der Waals surface area contributed by atoms with Crippen LogP contribution in [0, 0.1) is 0 Å². The van der Waals surface area contributed by atoms with Gasteiger partial charge in [-0.15, -0.1) is 11.8 Å². The van der Waals surface area contributed by atoms with Crippen LogP contribution in [-0.2, 0) is 5.75 Å². The Bertz CT molecular complexity index is 972. The lowest BCUT2D eigenvalue weighted by Crippen LogP contribution is -2.38. The number of oxazole rings is 1. The number of urea groups is 1. The molecule has 0 spiro atoms. The van der Waals surface area contributed by atoms with E-state index >= 15 is 0 Å². The number of hydrogen-bond donors (Lipinski definition) is 2. The molecule has 1 aliphatic rings. The Hall–Kier alpha value is -2.97. The molecule has 2 amide bonds. The molecule has 1 aliphatic heterocycles. The van der Waals surface area contributed by atoms with Crippen molar-refractivity contribution in [3.05, 3.63) is 66.7 Å². The summed E-state index contributed by atoms with van der Waals surface area (Å²) in [5, 5.41) is 5.76. The molecule has 0 radical (unpaired) electrons. The lowest BCUT2D eigenvalue weighted by Gasteiger charge is -2.15. The first-order chi connectivity index (χ1) is 15.8. The number of carbonyl (C=O) groups excluding carboxylic acids is 1. The van der Waals surface area contributed by atoms with Crippen molar-refractivity contribution in [1.82, 2.24) is 15.2 Å². The van der Waals surface area contributed by atoms with Crippen LogP contribution < -0.4 is 15.4 Å². The van der Waals surface area contributed by atoms with E-state index in [-0.39, 0.29) is 6.03 Å². The van der Waals surface area contributed by atoms with Crippen LogP contribution in [0.5, 0.6) is 5.75 Å². The van der Waals surface area contributed by atoms with Gasteiger partial charge in [-0.3, -0.25) is 4.90 Å². The number of anilines is 1. The summed E-state index contributed by atoms with van der Waals surface area (Å²) in [7, 11) is 0. The molecule has 0 atom stereocenters. The molecule has 1 fully saturated rings. The lowest BCUT2D eigenvalue weighted by molar-refractivity contribution is 0.241. The van der Waals surface area contributed by atoms with Crippen molar-refractivity contribution in [1.29, 1.82) is 0 Å². The summed E-state index contributed by atoms with van der Waals surface area (Å²) in [6.07, 6.45) is 4.15. The number of nitrogens with zero attached hydrogens (tertiary/aromatic N) is 2. The van der Waals surface area contributed by atoms with E-state index in [9.17, 15) is 4.79 Å². The van der Waals surface area contributed by atoms with Gasteiger partial charge in [0.25, 0.3) is 0 Å². The number of carbonyl (C=O) groups is 1. The molecule has 7 nitrogen and oxygen atoms in total. The summed E-state index contributed by atoms with van der Waals surface area (Å²) in [4.78, 5) is 18.7. The topological polar surface area (TPSA) is 79.6 Å². The van der Waals surface area contributed by atoms with Crippen LogP contribution in [0.3, 0.4) is 0 Å². The van der Waals surface area contributed by atoms with Crippen molar-refractivity contribution >= 4 is 23.5 Å². The number of nitrogens with one attached hydrogen (secondary N) is 2. The fraction of sp³-hybridized carbons (Fsp3) is 0.333. The monoisotopic (exact) mass is 452 g/mol. The molecule has 2 heterocycles. The third-order valence-electron chi connectivity index (χ3n) is 5.11. The Morgan fingerprint density at radius 3 is 2.66 bits per heavy atom. The van der Waals surface area contributed by atoms with E-state index in [1.807, 2.05) is 54.6 Å². The molecule has 0 unspecified atom stereocenters. The molecule has 0 bridgehead atoms. The van der Waals surface area contributed by atoms with Crippen LogP contribution in [0.2, 0.25) is 0 Å². The fourth-order valence-electron chi connectivity index (χ4n) is 3.42. The van der Waals surface area contributed by atoms with Gasteiger partial charge < -0.3 is 19.8 Å². The first-order valence-corrected chi connectivity index (χ1v) is 12.0. The number of amides is 2. The minimum atomic E-state index is -0.195. The third-order valence-corrected chi connectivity index (χ3v) is 6.01. The highest BCUT2D eigenvalue weighted by Gasteiger charge is 2.12. The van der Waals surface area contributed by atoms with E-state index in [4.69, 9.17) is 9.15 Å². The third kappa shape index (κ3) is 6.77. The van der Waals surface area contributed by atoms with E-state index in [0.29, 0.717) is 30.7 Å². The Morgan fingerprint density at radius 1 is 1.09 bits per heavy atom. The number of hydrogen-bond acceptors (Lipinski definition) is 6. The molecule has 32 heavy (non-hydrogen) atoms. The Morgan fingerprint density at radius 2 is 1.88 bits per heavy atom. The second kappa shape index (κ2) is 11.6. The summed E-state index contributed by atoms with van der Waals surface area (Å²) >= 11 is 1.72. The van der Waals surface area contributed by atoms with Gasteiger partial charge in [0.05, 0.1) is 25.2 Å². The summed E-state index contributed by atoms with van der Waals surface area (Å²) in [6, 6.07) is 17.2. The molecule has 0 saturated carbocycles. The van der Waals surface area contributed by atoms with Gasteiger partial charge in [-0.2, -0.15) is 0 Å². The highest BCUT2D eigenvalue weighted by atomic mass is 32.2. The summed E-state index contributed by atoms with van der Waals surface area (Å²) in [6.45, 7) is 3.33. The van der Waals surface area contributed by atoms with Crippen LogP contribution >= 0.6 is 11.8 Å². The van der Waals surface area contributed by atoms with E-state index in [0.717, 1.165) is 35.8 Å². The quantitative estimate of drug-likeness (QED) is 0.429. The molecule has 0 aliphatic carbocycles. The largest absolute Gasteiger partial charge is 0.493 e. The van der Waals surface area contributed by atoms with Crippen molar-refractivity contribution in [2.75, 3.05) is 37.4 Å². The smallest absolute Gasteiger partial charge is 0.320 e. The van der Waals surface area contributed by atoms with Crippen molar-refractivity contribution < 1.29 is 13.9 Å². The predicted octanol–water partition coefficient (Wildman–Crippen LogP) is 4.83. The molecule has 1 saturated heterocycles. The average molecular weight is 453 g/mol. The van der Waals surface area contributed by atoms with Gasteiger partial charge in [0.1, 0.15) is 5.75 Å². The second-order valence-electron chi connectivity index (χ2n) is 7.52.